The Hall–Kier alpha value is -4.83. The average Bonchev–Trinajstić information content (AvgIpc) is 3.61. The summed E-state index contributed by atoms with van der Waals surface area (Å²) in [5.74, 6) is -0.185. The molecule has 4 atom stereocenters. The number of rotatable bonds is 18. The van der Waals surface area contributed by atoms with E-state index in [1.54, 1.807) is 55.7 Å². The lowest BCUT2D eigenvalue weighted by Crippen LogP contribution is -2.31. The van der Waals surface area contributed by atoms with Crippen LogP contribution in [-0.4, -0.2) is 58.8 Å². The number of hydrogen-bond donors (Lipinski definition) is 5. The summed E-state index contributed by atoms with van der Waals surface area (Å²) in [5, 5.41) is 46.9. The van der Waals surface area contributed by atoms with Crippen molar-refractivity contribution in [3.8, 4) is 23.0 Å². The third kappa shape index (κ3) is 10.1. The number of aromatic hydroxyl groups is 2. The standard InChI is InChI=1S/C40H45N2O7/c1-26(43)23-42-25-49-40-21-29(9-12-36(40)45)18-33(16-27-7-10-31-5-3-4-6-32(31)15-27)37(46)22-38(47)34(19-30-13-14-41-24-30)17-28-8-11-35(44)39(20-28)48-2/h3-15,20-21,24,26,33-34,38,42-45,47H,16-19,22-23,25H2,1-2H3/q-1/t26-,33-,34+,38+/m0/s1. The van der Waals surface area contributed by atoms with E-state index in [4.69, 9.17) is 9.47 Å². The molecule has 0 saturated carbocycles. The van der Waals surface area contributed by atoms with Crippen molar-refractivity contribution in [2.24, 2.45) is 11.8 Å². The largest absolute Gasteiger partial charge is 0.670 e. The molecule has 0 aliphatic rings. The molecule has 0 saturated heterocycles. The minimum Gasteiger partial charge on any atom is -0.670 e. The van der Waals surface area contributed by atoms with E-state index in [9.17, 15) is 25.2 Å². The van der Waals surface area contributed by atoms with Crippen molar-refractivity contribution < 1.29 is 34.7 Å². The summed E-state index contributed by atoms with van der Waals surface area (Å²) in [7, 11) is 1.49. The number of carbonyl (C=O) groups is 1. The minimum absolute atomic E-state index is 0.0221. The van der Waals surface area contributed by atoms with Gasteiger partial charge in [0.1, 0.15) is 12.5 Å². The normalized spacial score (nSPS) is 13.9. The molecule has 5 aromatic rings. The molecule has 5 rings (SSSR count). The number of benzene rings is 4. The Labute approximate surface area is 287 Å². The van der Waals surface area contributed by atoms with Crippen LogP contribution in [-0.2, 0) is 30.5 Å². The maximum absolute atomic E-state index is 14.2. The van der Waals surface area contributed by atoms with Crippen LogP contribution in [0.25, 0.3) is 10.8 Å². The van der Waals surface area contributed by atoms with Gasteiger partial charge in [-0.1, -0.05) is 66.2 Å². The number of aliphatic hydroxyl groups excluding tert-OH is 2. The van der Waals surface area contributed by atoms with Gasteiger partial charge in [-0.2, -0.15) is 12.4 Å². The van der Waals surface area contributed by atoms with Crippen molar-refractivity contribution in [3.63, 3.8) is 0 Å². The predicted molar refractivity (Wildman–Crippen MR) is 189 cm³/mol. The Morgan fingerprint density at radius 2 is 1.41 bits per heavy atom. The highest BCUT2D eigenvalue weighted by molar-refractivity contribution is 5.84. The number of phenolic OH excluding ortho intramolecular Hbond substituents is 2. The number of ether oxygens (including phenoxy) is 2. The molecule has 1 heterocycles. The van der Waals surface area contributed by atoms with Crippen LogP contribution in [0.5, 0.6) is 23.0 Å². The summed E-state index contributed by atoms with van der Waals surface area (Å²) in [5.41, 5.74) is 3.67. The van der Waals surface area contributed by atoms with Crippen LogP contribution in [0.15, 0.2) is 97.3 Å². The Morgan fingerprint density at radius 1 is 0.776 bits per heavy atom. The molecule has 0 aliphatic carbocycles. The van der Waals surface area contributed by atoms with Gasteiger partial charge in [0.2, 0.25) is 0 Å². The topological polar surface area (TPSA) is 143 Å². The molecule has 5 N–H and O–H groups in total. The zero-order valence-electron chi connectivity index (χ0n) is 28.0. The summed E-state index contributed by atoms with van der Waals surface area (Å²) >= 11 is 0. The van der Waals surface area contributed by atoms with Crippen molar-refractivity contribution in [1.29, 1.82) is 0 Å². The lowest BCUT2D eigenvalue weighted by atomic mass is 9.82. The Balaban J connectivity index is 1.38. The second-order valence-electron chi connectivity index (χ2n) is 12.8. The van der Waals surface area contributed by atoms with Crippen LogP contribution in [0.3, 0.4) is 0 Å². The fourth-order valence-corrected chi connectivity index (χ4v) is 6.21. The molecular weight excluding hydrogens is 620 g/mol. The summed E-state index contributed by atoms with van der Waals surface area (Å²) in [6.45, 7) is 2.11. The van der Waals surface area contributed by atoms with Gasteiger partial charge in [0.15, 0.2) is 23.0 Å². The maximum atomic E-state index is 14.2. The second-order valence-corrected chi connectivity index (χ2v) is 12.8. The van der Waals surface area contributed by atoms with Gasteiger partial charge in [0.05, 0.1) is 19.3 Å². The van der Waals surface area contributed by atoms with Crippen LogP contribution in [0, 0.1) is 11.8 Å². The van der Waals surface area contributed by atoms with Gasteiger partial charge in [0.25, 0.3) is 0 Å². The maximum Gasteiger partial charge on any atom is 0.163 e. The van der Waals surface area contributed by atoms with E-state index >= 15 is 0 Å². The lowest BCUT2D eigenvalue weighted by molar-refractivity contribution is -0.125. The summed E-state index contributed by atoms with van der Waals surface area (Å²) in [4.78, 5) is 18.4. The highest BCUT2D eigenvalue weighted by Gasteiger charge is 2.28. The second kappa shape index (κ2) is 17.0. The first-order valence-electron chi connectivity index (χ1n) is 16.6. The molecule has 0 fully saturated rings. The SMILES string of the molecule is COc1cc(C[C@H](Cc2cc[n-]c2)[C@H](O)CC(=O)[C@H](Cc2ccc(O)c(OCNC[C@H](C)O)c2)Cc2ccc3ccccc3c2)ccc1O. The monoisotopic (exact) mass is 665 g/mol. The predicted octanol–water partition coefficient (Wildman–Crippen LogP) is 5.35. The number of ketones is 1. The van der Waals surface area contributed by atoms with E-state index in [1.807, 2.05) is 24.3 Å². The van der Waals surface area contributed by atoms with Crippen LogP contribution < -0.4 is 19.8 Å². The third-order valence-corrected chi connectivity index (χ3v) is 8.84. The number of Topliss-reactive ketones (excluding diaryl/α,β-unsaturated/α-hetero) is 1. The highest BCUT2D eigenvalue weighted by Crippen LogP contribution is 2.32. The number of carbonyl (C=O) groups excluding carboxylic acids is 1. The van der Waals surface area contributed by atoms with Crippen molar-refractivity contribution >= 4 is 16.6 Å². The van der Waals surface area contributed by atoms with E-state index in [1.165, 1.54) is 7.11 Å². The van der Waals surface area contributed by atoms with Crippen molar-refractivity contribution in [2.75, 3.05) is 20.4 Å². The first-order valence-corrected chi connectivity index (χ1v) is 16.6. The van der Waals surface area contributed by atoms with E-state index in [-0.39, 0.29) is 42.1 Å². The summed E-state index contributed by atoms with van der Waals surface area (Å²) < 4.78 is 11.0. The summed E-state index contributed by atoms with van der Waals surface area (Å²) in [6.07, 6.45) is 3.79. The van der Waals surface area contributed by atoms with Crippen molar-refractivity contribution in [2.45, 2.75) is 51.2 Å². The molecule has 4 aromatic carbocycles. The average molecular weight is 666 g/mol. The number of phenols is 2. The number of fused-ring (bicyclic) bond motifs is 1. The van der Waals surface area contributed by atoms with E-state index in [2.05, 4.69) is 34.6 Å². The Kier molecular flexibility index (Phi) is 12.3. The molecule has 9 heteroatoms. The molecule has 0 bridgehead atoms. The third-order valence-electron chi connectivity index (χ3n) is 8.84. The van der Waals surface area contributed by atoms with Gasteiger partial charge in [-0.3, -0.25) is 10.1 Å². The molecule has 0 radical (unpaired) electrons. The molecule has 49 heavy (non-hydrogen) atoms. The summed E-state index contributed by atoms with van der Waals surface area (Å²) in [6, 6.07) is 26.4. The Morgan fingerprint density at radius 3 is 2.10 bits per heavy atom. The van der Waals surface area contributed by atoms with Gasteiger partial charge < -0.3 is 34.9 Å². The van der Waals surface area contributed by atoms with Crippen LogP contribution in [0.2, 0.25) is 0 Å². The zero-order valence-corrected chi connectivity index (χ0v) is 28.0. The fourth-order valence-electron chi connectivity index (χ4n) is 6.21. The van der Waals surface area contributed by atoms with Crippen LogP contribution in [0.4, 0.5) is 0 Å². The first-order chi connectivity index (χ1) is 23.7. The van der Waals surface area contributed by atoms with Crippen LogP contribution >= 0.6 is 0 Å². The molecule has 0 amide bonds. The molecule has 0 spiro atoms. The van der Waals surface area contributed by atoms with Gasteiger partial charge in [-0.05, 0) is 90.3 Å². The minimum atomic E-state index is -0.944. The van der Waals surface area contributed by atoms with Gasteiger partial charge >= 0.3 is 0 Å². The van der Waals surface area contributed by atoms with Crippen molar-refractivity contribution in [1.82, 2.24) is 10.3 Å². The zero-order chi connectivity index (χ0) is 34.8. The fraction of sp³-hybridized carbons (Fsp3) is 0.325. The Bertz CT molecular complexity index is 1800. The highest BCUT2D eigenvalue weighted by atomic mass is 16.5. The molecule has 9 nitrogen and oxygen atoms in total. The number of aromatic nitrogens is 1. The number of nitrogens with zero attached hydrogens (tertiary/aromatic N) is 1. The molecule has 0 unspecified atom stereocenters. The quantitative estimate of drug-likeness (QED) is 0.0619. The lowest BCUT2D eigenvalue weighted by Gasteiger charge is -2.25. The molecule has 1 aromatic heterocycles. The number of nitrogens with one attached hydrogen (secondary N) is 1. The molecule has 258 valence electrons. The van der Waals surface area contributed by atoms with Gasteiger partial charge in [-0.15, -0.1) is 0 Å². The van der Waals surface area contributed by atoms with Crippen molar-refractivity contribution in [3.05, 3.63) is 120 Å². The van der Waals surface area contributed by atoms with Gasteiger partial charge in [-0.25, -0.2) is 0 Å². The van der Waals surface area contributed by atoms with Gasteiger partial charge in [0, 0.05) is 18.9 Å². The van der Waals surface area contributed by atoms with Crippen LogP contribution in [0.1, 0.15) is 35.6 Å². The molecular formula is C40H45N2O7-. The smallest absolute Gasteiger partial charge is 0.163 e. The van der Waals surface area contributed by atoms with E-state index < -0.39 is 18.1 Å². The number of hydrogen-bond acceptors (Lipinski definition) is 8. The number of aliphatic hydroxyl groups is 2. The van der Waals surface area contributed by atoms with E-state index in [0.717, 1.165) is 33.0 Å². The number of methoxy groups -OCH3 is 1. The van der Waals surface area contributed by atoms with E-state index in [0.29, 0.717) is 38.0 Å². The first kappa shape index (κ1) is 35.5. The molecule has 0 aliphatic heterocycles.